The van der Waals surface area contributed by atoms with Crippen LogP contribution in [0, 0.1) is 11.8 Å². The molecule has 4 rings (SSSR count). The van der Waals surface area contributed by atoms with Gasteiger partial charge in [0.15, 0.2) is 0 Å². The Labute approximate surface area is 170 Å². The molecule has 0 radical (unpaired) electrons. The van der Waals surface area contributed by atoms with E-state index in [1.165, 1.54) is 25.7 Å². The highest BCUT2D eigenvalue weighted by atomic mass is 35.5. The van der Waals surface area contributed by atoms with Gasteiger partial charge in [0.1, 0.15) is 5.82 Å². The Morgan fingerprint density at radius 2 is 1.93 bits per heavy atom. The maximum Gasteiger partial charge on any atom is 0.226 e. The average Bonchev–Trinajstić information content (AvgIpc) is 3.12. The van der Waals surface area contributed by atoms with Crippen molar-refractivity contribution in [2.24, 2.45) is 11.8 Å². The summed E-state index contributed by atoms with van der Waals surface area (Å²) in [5.41, 5.74) is 1.07. The van der Waals surface area contributed by atoms with E-state index in [2.05, 4.69) is 14.5 Å². The van der Waals surface area contributed by atoms with Gasteiger partial charge in [-0.2, -0.15) is 0 Å². The van der Waals surface area contributed by atoms with Crippen LogP contribution < -0.4 is 0 Å². The molecule has 6 heteroatoms. The lowest BCUT2D eigenvalue weighted by Crippen LogP contribution is -2.37. The first-order valence-corrected chi connectivity index (χ1v) is 10.6. The second-order valence-corrected chi connectivity index (χ2v) is 8.68. The van der Waals surface area contributed by atoms with Crippen molar-refractivity contribution in [2.45, 2.75) is 51.6 Å². The van der Waals surface area contributed by atoms with Crippen LogP contribution in [0.1, 0.15) is 49.9 Å². The quantitative estimate of drug-likeness (QED) is 0.637. The fourth-order valence-corrected chi connectivity index (χ4v) is 4.24. The number of amides is 1. The van der Waals surface area contributed by atoms with Gasteiger partial charge in [0.05, 0.1) is 16.6 Å². The predicted octanol–water partition coefficient (Wildman–Crippen LogP) is 5.17. The summed E-state index contributed by atoms with van der Waals surface area (Å²) in [5.74, 6) is 2.13. The number of carbonyl (C=O) groups is 1. The molecule has 0 N–H and O–H groups in total. The first kappa shape index (κ1) is 18.8. The molecule has 0 saturated heterocycles. The number of halogens is 2. The van der Waals surface area contributed by atoms with Crippen molar-refractivity contribution >= 4 is 29.1 Å². The van der Waals surface area contributed by atoms with Gasteiger partial charge in [-0.1, -0.05) is 42.1 Å². The van der Waals surface area contributed by atoms with Crippen molar-refractivity contribution in [1.29, 1.82) is 0 Å². The van der Waals surface area contributed by atoms with Crippen molar-refractivity contribution < 1.29 is 4.79 Å². The van der Waals surface area contributed by atoms with Gasteiger partial charge in [-0.15, -0.1) is 0 Å². The molecule has 144 valence electrons. The van der Waals surface area contributed by atoms with Crippen LogP contribution in [-0.2, 0) is 17.9 Å². The monoisotopic (exact) mass is 405 g/mol. The number of carbonyl (C=O) groups excluding carboxylic acids is 1. The molecular weight excluding hydrogens is 381 g/mol. The summed E-state index contributed by atoms with van der Waals surface area (Å²) in [7, 11) is 0. The van der Waals surface area contributed by atoms with E-state index in [9.17, 15) is 4.79 Å². The molecule has 0 unspecified atom stereocenters. The first-order valence-electron chi connectivity index (χ1n) is 9.83. The highest BCUT2D eigenvalue weighted by molar-refractivity contribution is 6.42. The van der Waals surface area contributed by atoms with Crippen LogP contribution in [0.25, 0.3) is 0 Å². The number of rotatable bonds is 7. The van der Waals surface area contributed by atoms with Crippen LogP contribution in [0.5, 0.6) is 0 Å². The van der Waals surface area contributed by atoms with Gasteiger partial charge in [-0.3, -0.25) is 4.79 Å². The van der Waals surface area contributed by atoms with Crippen molar-refractivity contribution in [3.63, 3.8) is 0 Å². The Hall–Kier alpha value is -1.52. The Morgan fingerprint density at radius 3 is 2.63 bits per heavy atom. The molecule has 1 amide bonds. The van der Waals surface area contributed by atoms with Crippen molar-refractivity contribution in [3.8, 4) is 0 Å². The van der Waals surface area contributed by atoms with Crippen LogP contribution in [0.2, 0.25) is 10.0 Å². The van der Waals surface area contributed by atoms with Gasteiger partial charge in [0.2, 0.25) is 5.91 Å². The number of aromatic nitrogens is 2. The minimum atomic E-state index is 0.210. The zero-order chi connectivity index (χ0) is 18.8. The smallest absolute Gasteiger partial charge is 0.226 e. The van der Waals surface area contributed by atoms with E-state index < -0.39 is 0 Å². The molecule has 0 atom stereocenters. The highest BCUT2D eigenvalue weighted by Crippen LogP contribution is 2.33. The van der Waals surface area contributed by atoms with Crippen molar-refractivity contribution in [2.75, 3.05) is 6.54 Å². The van der Waals surface area contributed by atoms with Gasteiger partial charge >= 0.3 is 0 Å². The molecule has 0 bridgehead atoms. The molecule has 2 aliphatic carbocycles. The van der Waals surface area contributed by atoms with Crippen LogP contribution in [0.3, 0.4) is 0 Å². The van der Waals surface area contributed by atoms with E-state index in [-0.39, 0.29) is 5.92 Å². The third-order valence-electron chi connectivity index (χ3n) is 5.66. The molecule has 0 aliphatic heterocycles. The topological polar surface area (TPSA) is 38.1 Å². The Morgan fingerprint density at radius 1 is 1.15 bits per heavy atom. The molecule has 2 fully saturated rings. The van der Waals surface area contributed by atoms with Crippen molar-refractivity contribution in [1.82, 2.24) is 14.5 Å². The summed E-state index contributed by atoms with van der Waals surface area (Å²) in [5, 5.41) is 1.12. The van der Waals surface area contributed by atoms with Crippen LogP contribution in [0.4, 0.5) is 0 Å². The van der Waals surface area contributed by atoms with Crippen LogP contribution >= 0.6 is 23.2 Å². The molecule has 0 spiro atoms. The lowest BCUT2D eigenvalue weighted by Gasteiger charge is -2.26. The lowest BCUT2D eigenvalue weighted by molar-refractivity contribution is -0.136. The normalized spacial score (nSPS) is 17.4. The largest absolute Gasteiger partial charge is 0.335 e. The SMILES string of the molecule is O=C(C1CCCC1)N(Cc1nccn1Cc1ccc(Cl)c(Cl)c1)CC1CC1. The number of nitrogens with zero attached hydrogens (tertiary/aromatic N) is 3. The highest BCUT2D eigenvalue weighted by Gasteiger charge is 2.32. The van der Waals surface area contributed by atoms with Gasteiger partial charge in [0.25, 0.3) is 0 Å². The Kier molecular flexibility index (Phi) is 5.74. The zero-order valence-corrected chi connectivity index (χ0v) is 16.9. The summed E-state index contributed by atoms with van der Waals surface area (Å²) in [6, 6.07) is 5.68. The molecule has 2 aliphatic rings. The fraction of sp³-hybridized carbons (Fsp3) is 0.524. The predicted molar refractivity (Wildman–Crippen MR) is 108 cm³/mol. The molecule has 1 aromatic carbocycles. The third kappa shape index (κ3) is 4.67. The summed E-state index contributed by atoms with van der Waals surface area (Å²) >= 11 is 12.2. The lowest BCUT2D eigenvalue weighted by atomic mass is 10.1. The summed E-state index contributed by atoms with van der Waals surface area (Å²) < 4.78 is 2.10. The third-order valence-corrected chi connectivity index (χ3v) is 6.40. The maximum absolute atomic E-state index is 13.0. The second-order valence-electron chi connectivity index (χ2n) is 7.86. The first-order chi connectivity index (χ1) is 13.1. The standard InChI is InChI=1S/C21H25Cl2N3O/c22-18-8-7-16(11-19(18)23)13-25-10-9-24-20(25)14-26(12-15-5-6-15)21(27)17-3-1-2-4-17/h7-11,15,17H,1-6,12-14H2. The van der Waals surface area contributed by atoms with E-state index in [1.54, 1.807) is 0 Å². The minimum absolute atomic E-state index is 0.210. The number of hydrogen-bond acceptors (Lipinski definition) is 2. The molecule has 27 heavy (non-hydrogen) atoms. The second kappa shape index (κ2) is 8.24. The summed E-state index contributed by atoms with van der Waals surface area (Å²) in [4.78, 5) is 19.6. The van der Waals surface area contributed by atoms with Crippen LogP contribution in [-0.4, -0.2) is 26.9 Å². The molecular formula is C21H25Cl2N3O. The molecule has 2 aromatic rings. The Balaban J connectivity index is 1.49. The average molecular weight is 406 g/mol. The molecule has 1 aromatic heterocycles. The maximum atomic E-state index is 13.0. The molecule has 1 heterocycles. The molecule has 2 saturated carbocycles. The van der Waals surface area contributed by atoms with Gasteiger partial charge in [0, 0.05) is 31.4 Å². The summed E-state index contributed by atoms with van der Waals surface area (Å²) in [6.45, 7) is 2.12. The van der Waals surface area contributed by atoms with Gasteiger partial charge < -0.3 is 9.47 Å². The number of hydrogen-bond donors (Lipinski definition) is 0. The van der Waals surface area contributed by atoms with E-state index in [4.69, 9.17) is 23.2 Å². The fourth-order valence-electron chi connectivity index (χ4n) is 3.92. The van der Waals surface area contributed by atoms with E-state index in [1.807, 2.05) is 30.6 Å². The molecule has 4 nitrogen and oxygen atoms in total. The van der Waals surface area contributed by atoms with E-state index in [0.717, 1.165) is 30.8 Å². The zero-order valence-electron chi connectivity index (χ0n) is 15.4. The van der Waals surface area contributed by atoms with Crippen LogP contribution in [0.15, 0.2) is 30.6 Å². The van der Waals surface area contributed by atoms with E-state index in [0.29, 0.717) is 35.0 Å². The number of benzene rings is 1. The van der Waals surface area contributed by atoms with Gasteiger partial charge in [-0.05, 0) is 49.3 Å². The number of imidazole rings is 1. The Bertz CT molecular complexity index is 810. The van der Waals surface area contributed by atoms with E-state index >= 15 is 0 Å². The van der Waals surface area contributed by atoms with Crippen molar-refractivity contribution in [3.05, 3.63) is 52.0 Å². The van der Waals surface area contributed by atoms with Gasteiger partial charge in [-0.25, -0.2) is 4.98 Å². The minimum Gasteiger partial charge on any atom is -0.335 e. The summed E-state index contributed by atoms with van der Waals surface area (Å²) in [6.07, 6.45) is 10.7.